The number of para-hydroxylation sites is 1. The van der Waals surface area contributed by atoms with Crippen LogP contribution in [0.3, 0.4) is 0 Å². The van der Waals surface area contributed by atoms with E-state index >= 15 is 0 Å². The fourth-order valence-corrected chi connectivity index (χ4v) is 3.41. The Labute approximate surface area is 145 Å². The Kier molecular flexibility index (Phi) is 3.71. The molecule has 0 saturated carbocycles. The minimum Gasteiger partial charge on any atom is -0.493 e. The van der Waals surface area contributed by atoms with Crippen LogP contribution in [0.4, 0.5) is 0 Å². The molecule has 7 heteroatoms. The van der Waals surface area contributed by atoms with Crippen molar-refractivity contribution in [2.24, 2.45) is 0 Å². The number of benzene rings is 1. The van der Waals surface area contributed by atoms with Crippen LogP contribution in [0.15, 0.2) is 22.6 Å². The molecular weight excluding hydrogens is 320 g/mol. The van der Waals surface area contributed by atoms with Crippen LogP contribution in [0.1, 0.15) is 47.2 Å². The predicted molar refractivity (Wildman–Crippen MR) is 91.7 cm³/mol. The third-order valence-electron chi connectivity index (χ3n) is 4.73. The maximum absolute atomic E-state index is 12.7. The zero-order chi connectivity index (χ0) is 17.6. The summed E-state index contributed by atoms with van der Waals surface area (Å²) >= 11 is 0. The topological polar surface area (TPSA) is 82.2 Å². The minimum atomic E-state index is -0.265. The second kappa shape index (κ2) is 5.91. The number of aryl methyl sites for hydroxylation is 2. The molecular formula is C18H20N4O3. The highest BCUT2D eigenvalue weighted by atomic mass is 16.5. The molecule has 0 unspecified atom stereocenters. The monoisotopic (exact) mass is 340 g/mol. The van der Waals surface area contributed by atoms with E-state index in [2.05, 4.69) is 20.1 Å². The number of furan rings is 1. The number of nitrogens with zero attached hydrogens (tertiary/aromatic N) is 3. The summed E-state index contributed by atoms with van der Waals surface area (Å²) in [5.41, 5.74) is 1.38. The molecule has 1 amide bonds. The zero-order valence-electron chi connectivity index (χ0n) is 14.5. The highest BCUT2D eigenvalue weighted by Crippen LogP contribution is 2.32. The first-order valence-electron chi connectivity index (χ1n) is 8.39. The van der Waals surface area contributed by atoms with Crippen LogP contribution in [0, 0.1) is 6.92 Å². The standard InChI is InChI=1S/C18H20N4O3/c1-10-12-6-4-7-13(24-3)16(12)25-15(10)18(23)19-11(2)17-21-20-14-8-5-9-22(14)17/h4,6-7,11H,5,8-9H2,1-3H3,(H,19,23)/t11-/m1/s1. The van der Waals surface area contributed by atoms with Crippen LogP contribution in [0.25, 0.3) is 11.0 Å². The van der Waals surface area contributed by atoms with Crippen molar-refractivity contribution in [3.8, 4) is 5.75 Å². The van der Waals surface area contributed by atoms with Gasteiger partial charge in [-0.3, -0.25) is 4.79 Å². The van der Waals surface area contributed by atoms with Crippen LogP contribution < -0.4 is 10.1 Å². The van der Waals surface area contributed by atoms with Crippen molar-refractivity contribution >= 4 is 16.9 Å². The highest BCUT2D eigenvalue weighted by molar-refractivity contribution is 6.00. The lowest BCUT2D eigenvalue weighted by Crippen LogP contribution is -2.28. The van der Waals surface area contributed by atoms with Crippen molar-refractivity contribution in [3.05, 3.63) is 41.2 Å². The molecule has 1 aliphatic heterocycles. The first kappa shape index (κ1) is 15.7. The first-order valence-corrected chi connectivity index (χ1v) is 8.39. The van der Waals surface area contributed by atoms with Crippen LogP contribution >= 0.6 is 0 Å². The molecule has 1 N–H and O–H groups in total. The van der Waals surface area contributed by atoms with E-state index < -0.39 is 0 Å². The molecule has 2 aromatic heterocycles. The Morgan fingerprint density at radius 3 is 3.04 bits per heavy atom. The van der Waals surface area contributed by atoms with Crippen LogP contribution in [0.2, 0.25) is 0 Å². The molecule has 0 saturated heterocycles. The summed E-state index contributed by atoms with van der Waals surface area (Å²) in [6.45, 7) is 4.68. The number of carbonyl (C=O) groups excluding carboxylic acids is 1. The Morgan fingerprint density at radius 1 is 1.40 bits per heavy atom. The average Bonchev–Trinajstić information content (AvgIpc) is 3.29. The van der Waals surface area contributed by atoms with Crippen molar-refractivity contribution in [2.45, 2.75) is 39.3 Å². The van der Waals surface area contributed by atoms with E-state index in [1.54, 1.807) is 7.11 Å². The summed E-state index contributed by atoms with van der Waals surface area (Å²) in [7, 11) is 1.58. The van der Waals surface area contributed by atoms with Gasteiger partial charge in [0.1, 0.15) is 5.82 Å². The number of aromatic nitrogens is 3. The number of rotatable bonds is 4. The lowest BCUT2D eigenvalue weighted by molar-refractivity contribution is 0.0910. The minimum absolute atomic E-state index is 0.249. The first-order chi connectivity index (χ1) is 12.1. The molecule has 0 bridgehead atoms. The molecule has 1 aromatic carbocycles. The zero-order valence-corrected chi connectivity index (χ0v) is 14.5. The summed E-state index contributed by atoms with van der Waals surface area (Å²) < 4.78 is 13.2. The Balaban J connectivity index is 1.63. The third kappa shape index (κ3) is 2.47. The molecule has 1 atom stereocenters. The molecule has 0 radical (unpaired) electrons. The van der Waals surface area contributed by atoms with Gasteiger partial charge in [0.05, 0.1) is 13.2 Å². The van der Waals surface area contributed by atoms with Gasteiger partial charge in [0.2, 0.25) is 0 Å². The van der Waals surface area contributed by atoms with Gasteiger partial charge in [-0.2, -0.15) is 0 Å². The van der Waals surface area contributed by atoms with Crippen molar-refractivity contribution < 1.29 is 13.9 Å². The van der Waals surface area contributed by atoms with E-state index in [0.717, 1.165) is 42.0 Å². The molecule has 0 aliphatic carbocycles. The number of hydrogen-bond donors (Lipinski definition) is 1. The van der Waals surface area contributed by atoms with Crippen LogP contribution in [-0.4, -0.2) is 27.8 Å². The summed E-state index contributed by atoms with van der Waals surface area (Å²) in [5, 5.41) is 12.3. The van der Waals surface area contributed by atoms with Crippen LogP contribution in [-0.2, 0) is 13.0 Å². The smallest absolute Gasteiger partial charge is 0.287 e. The van der Waals surface area contributed by atoms with Crippen molar-refractivity contribution in [3.63, 3.8) is 0 Å². The molecule has 0 fully saturated rings. The average molecular weight is 340 g/mol. The molecule has 130 valence electrons. The van der Waals surface area contributed by atoms with Gasteiger partial charge in [-0.1, -0.05) is 12.1 Å². The molecule has 1 aliphatic rings. The van der Waals surface area contributed by atoms with Crippen molar-refractivity contribution in [1.29, 1.82) is 0 Å². The van der Waals surface area contributed by atoms with Gasteiger partial charge < -0.3 is 19.0 Å². The number of carbonyl (C=O) groups is 1. The summed E-state index contributed by atoms with van der Waals surface area (Å²) in [6.07, 6.45) is 2.01. The predicted octanol–water partition coefficient (Wildman–Crippen LogP) is 2.78. The van der Waals surface area contributed by atoms with Gasteiger partial charge in [0.25, 0.3) is 5.91 Å². The van der Waals surface area contributed by atoms with Gasteiger partial charge in [-0.05, 0) is 26.3 Å². The van der Waals surface area contributed by atoms with E-state index in [-0.39, 0.29) is 11.9 Å². The fourth-order valence-electron chi connectivity index (χ4n) is 3.41. The lowest BCUT2D eigenvalue weighted by atomic mass is 10.1. The van der Waals surface area contributed by atoms with Gasteiger partial charge in [0.15, 0.2) is 22.9 Å². The number of fused-ring (bicyclic) bond motifs is 2. The SMILES string of the molecule is COc1cccc2c(C)c(C(=O)N[C@H](C)c3nnc4n3CCC4)oc12. The van der Waals surface area contributed by atoms with E-state index in [1.807, 2.05) is 32.0 Å². The lowest BCUT2D eigenvalue weighted by Gasteiger charge is -2.13. The normalized spacial score (nSPS) is 14.5. The summed E-state index contributed by atoms with van der Waals surface area (Å²) in [4.78, 5) is 12.7. The van der Waals surface area contributed by atoms with E-state index in [9.17, 15) is 4.79 Å². The molecule has 3 heterocycles. The van der Waals surface area contributed by atoms with Crippen molar-refractivity contribution in [1.82, 2.24) is 20.1 Å². The molecule has 7 nitrogen and oxygen atoms in total. The number of amides is 1. The molecule has 4 rings (SSSR count). The molecule has 3 aromatic rings. The van der Waals surface area contributed by atoms with E-state index in [4.69, 9.17) is 9.15 Å². The van der Waals surface area contributed by atoms with E-state index in [1.165, 1.54) is 0 Å². The third-order valence-corrected chi connectivity index (χ3v) is 4.73. The quantitative estimate of drug-likeness (QED) is 0.790. The summed E-state index contributed by atoms with van der Waals surface area (Å²) in [6, 6.07) is 5.37. The fraction of sp³-hybridized carbons (Fsp3) is 0.389. The second-order valence-electron chi connectivity index (χ2n) is 6.32. The largest absolute Gasteiger partial charge is 0.493 e. The highest BCUT2D eigenvalue weighted by Gasteiger charge is 2.25. The van der Waals surface area contributed by atoms with Gasteiger partial charge in [-0.25, -0.2) is 0 Å². The molecule has 0 spiro atoms. The Morgan fingerprint density at radius 2 is 2.24 bits per heavy atom. The van der Waals surface area contributed by atoms with E-state index in [0.29, 0.717) is 17.1 Å². The number of methoxy groups -OCH3 is 1. The number of ether oxygens (including phenoxy) is 1. The summed E-state index contributed by atoms with van der Waals surface area (Å²) in [5.74, 6) is 2.42. The number of nitrogens with one attached hydrogen (secondary N) is 1. The number of hydrogen-bond acceptors (Lipinski definition) is 5. The maximum Gasteiger partial charge on any atom is 0.287 e. The van der Waals surface area contributed by atoms with Gasteiger partial charge >= 0.3 is 0 Å². The van der Waals surface area contributed by atoms with Crippen LogP contribution in [0.5, 0.6) is 5.75 Å². The maximum atomic E-state index is 12.7. The molecule has 25 heavy (non-hydrogen) atoms. The van der Waals surface area contributed by atoms with Gasteiger partial charge in [-0.15, -0.1) is 10.2 Å². The Hall–Kier alpha value is -2.83. The van der Waals surface area contributed by atoms with Gasteiger partial charge in [0, 0.05) is 23.9 Å². The second-order valence-corrected chi connectivity index (χ2v) is 6.32. The Bertz CT molecular complexity index is 957. The van der Waals surface area contributed by atoms with Crippen molar-refractivity contribution in [2.75, 3.05) is 7.11 Å².